The van der Waals surface area contributed by atoms with Gasteiger partial charge >= 0.3 is 0 Å². The topological polar surface area (TPSA) is 59.6 Å². The molecule has 0 heterocycles. The maximum Gasteiger partial charge on any atom is 0.101 e. The molecule has 20 heavy (non-hydrogen) atoms. The molecule has 1 aromatic carbocycles. The number of nitriles is 2. The SMILES string of the molecule is CCCC1CCC(Nc2ccc(C#N)c(C#N)c2)CC1. The Labute approximate surface area is 121 Å². The summed E-state index contributed by atoms with van der Waals surface area (Å²) >= 11 is 0. The fraction of sp³-hybridized carbons (Fsp3) is 0.529. The molecule has 0 atom stereocenters. The lowest BCUT2D eigenvalue weighted by Crippen LogP contribution is -2.26. The second-order valence-electron chi connectivity index (χ2n) is 5.63. The third-order valence-corrected chi connectivity index (χ3v) is 4.17. The van der Waals surface area contributed by atoms with Crippen LogP contribution in [0.3, 0.4) is 0 Å². The molecule has 1 aliphatic carbocycles. The van der Waals surface area contributed by atoms with Crippen molar-refractivity contribution in [3.63, 3.8) is 0 Å². The van der Waals surface area contributed by atoms with E-state index in [-0.39, 0.29) is 0 Å². The number of hydrogen-bond donors (Lipinski definition) is 1. The first-order valence-corrected chi connectivity index (χ1v) is 7.47. The van der Waals surface area contributed by atoms with Crippen LogP contribution in [-0.2, 0) is 0 Å². The molecule has 0 aliphatic heterocycles. The molecule has 1 aliphatic rings. The molecule has 1 N–H and O–H groups in total. The first kappa shape index (κ1) is 14.4. The highest BCUT2D eigenvalue weighted by molar-refractivity contribution is 5.56. The van der Waals surface area contributed by atoms with Crippen molar-refractivity contribution in [1.29, 1.82) is 10.5 Å². The highest BCUT2D eigenvalue weighted by atomic mass is 14.9. The summed E-state index contributed by atoms with van der Waals surface area (Å²) in [6.45, 7) is 2.25. The fourth-order valence-electron chi connectivity index (χ4n) is 3.06. The van der Waals surface area contributed by atoms with Crippen molar-refractivity contribution in [3.8, 4) is 12.1 Å². The minimum atomic E-state index is 0.449. The van der Waals surface area contributed by atoms with Crippen molar-refractivity contribution in [2.45, 2.75) is 51.5 Å². The van der Waals surface area contributed by atoms with Gasteiger partial charge in [-0.2, -0.15) is 10.5 Å². The number of anilines is 1. The summed E-state index contributed by atoms with van der Waals surface area (Å²) < 4.78 is 0. The van der Waals surface area contributed by atoms with Gasteiger partial charge in [-0.25, -0.2) is 0 Å². The number of hydrogen-bond acceptors (Lipinski definition) is 3. The van der Waals surface area contributed by atoms with Crippen LogP contribution in [0.4, 0.5) is 5.69 Å². The Kier molecular flexibility index (Phi) is 5.02. The standard InChI is InChI=1S/C17H21N3/c1-2-3-13-4-7-16(8-5-13)20-17-9-6-14(11-18)15(10-17)12-19/h6,9-10,13,16,20H,2-5,7-8H2,1H3. The monoisotopic (exact) mass is 267 g/mol. The Morgan fingerprint density at radius 3 is 2.40 bits per heavy atom. The quantitative estimate of drug-likeness (QED) is 0.889. The molecule has 0 aromatic heterocycles. The van der Waals surface area contributed by atoms with Crippen molar-refractivity contribution >= 4 is 5.69 Å². The minimum absolute atomic E-state index is 0.449. The van der Waals surface area contributed by atoms with E-state index < -0.39 is 0 Å². The number of benzene rings is 1. The zero-order valence-corrected chi connectivity index (χ0v) is 12.0. The first-order chi connectivity index (χ1) is 9.76. The summed E-state index contributed by atoms with van der Waals surface area (Å²) in [5.41, 5.74) is 1.86. The summed E-state index contributed by atoms with van der Waals surface area (Å²) in [7, 11) is 0. The van der Waals surface area contributed by atoms with Crippen LogP contribution in [0.25, 0.3) is 0 Å². The van der Waals surface area contributed by atoms with Crippen LogP contribution in [-0.4, -0.2) is 6.04 Å². The second-order valence-corrected chi connectivity index (χ2v) is 5.63. The summed E-state index contributed by atoms with van der Waals surface area (Å²) in [5.74, 6) is 0.897. The Hall–Kier alpha value is -2.00. The third-order valence-electron chi connectivity index (χ3n) is 4.17. The van der Waals surface area contributed by atoms with Crippen LogP contribution in [0.15, 0.2) is 18.2 Å². The molecule has 0 spiro atoms. The summed E-state index contributed by atoms with van der Waals surface area (Å²) in [4.78, 5) is 0. The van der Waals surface area contributed by atoms with Gasteiger partial charge in [0.2, 0.25) is 0 Å². The van der Waals surface area contributed by atoms with Gasteiger partial charge in [-0.15, -0.1) is 0 Å². The molecule has 3 heteroatoms. The Morgan fingerprint density at radius 1 is 1.10 bits per heavy atom. The van der Waals surface area contributed by atoms with E-state index in [9.17, 15) is 0 Å². The molecule has 0 amide bonds. The van der Waals surface area contributed by atoms with E-state index in [4.69, 9.17) is 10.5 Å². The van der Waals surface area contributed by atoms with Crippen LogP contribution in [0.5, 0.6) is 0 Å². The van der Waals surface area contributed by atoms with Crippen LogP contribution in [0, 0.1) is 28.6 Å². The number of nitrogens with zero attached hydrogens (tertiary/aromatic N) is 2. The van der Waals surface area contributed by atoms with Gasteiger partial charge in [0.15, 0.2) is 0 Å². The van der Waals surface area contributed by atoms with E-state index in [2.05, 4.69) is 18.3 Å². The molecular formula is C17H21N3. The van der Waals surface area contributed by atoms with E-state index in [0.29, 0.717) is 17.2 Å². The largest absolute Gasteiger partial charge is 0.382 e. The van der Waals surface area contributed by atoms with E-state index in [1.165, 1.54) is 38.5 Å². The molecule has 0 saturated heterocycles. The second kappa shape index (κ2) is 6.96. The minimum Gasteiger partial charge on any atom is -0.382 e. The van der Waals surface area contributed by atoms with E-state index >= 15 is 0 Å². The third kappa shape index (κ3) is 3.52. The average molecular weight is 267 g/mol. The molecule has 2 rings (SSSR count). The predicted octanol–water partition coefficient (Wildman–Crippen LogP) is 4.20. The maximum absolute atomic E-state index is 9.04. The van der Waals surface area contributed by atoms with Gasteiger partial charge in [-0.1, -0.05) is 19.8 Å². The summed E-state index contributed by atoms with van der Waals surface area (Å²) in [6.07, 6.45) is 7.63. The first-order valence-electron chi connectivity index (χ1n) is 7.47. The van der Waals surface area contributed by atoms with Crippen LogP contribution < -0.4 is 5.32 Å². The van der Waals surface area contributed by atoms with Gasteiger partial charge in [0.25, 0.3) is 0 Å². The zero-order valence-electron chi connectivity index (χ0n) is 12.0. The molecule has 104 valence electrons. The van der Waals surface area contributed by atoms with Crippen LogP contribution in [0.2, 0.25) is 0 Å². The highest BCUT2D eigenvalue weighted by Gasteiger charge is 2.20. The number of nitrogens with one attached hydrogen (secondary N) is 1. The van der Waals surface area contributed by atoms with Gasteiger partial charge in [-0.05, 0) is 49.8 Å². The van der Waals surface area contributed by atoms with Gasteiger partial charge in [0.05, 0.1) is 11.1 Å². The molecular weight excluding hydrogens is 246 g/mol. The molecule has 1 saturated carbocycles. The molecule has 1 fully saturated rings. The Morgan fingerprint density at radius 2 is 1.80 bits per heavy atom. The lowest BCUT2D eigenvalue weighted by molar-refractivity contribution is 0.319. The summed E-state index contributed by atoms with van der Waals surface area (Å²) in [6, 6.07) is 10.0. The number of rotatable bonds is 4. The maximum atomic E-state index is 9.04. The van der Waals surface area contributed by atoms with Crippen LogP contribution in [0.1, 0.15) is 56.6 Å². The Bertz CT molecular complexity index is 528. The average Bonchev–Trinajstić information content (AvgIpc) is 2.49. The van der Waals surface area contributed by atoms with E-state index in [0.717, 1.165) is 11.6 Å². The van der Waals surface area contributed by atoms with Crippen molar-refractivity contribution < 1.29 is 0 Å². The van der Waals surface area contributed by atoms with Crippen molar-refractivity contribution in [2.24, 2.45) is 5.92 Å². The molecule has 3 nitrogen and oxygen atoms in total. The lowest BCUT2D eigenvalue weighted by Gasteiger charge is -2.29. The molecule has 0 unspecified atom stereocenters. The van der Waals surface area contributed by atoms with Crippen molar-refractivity contribution in [2.75, 3.05) is 5.32 Å². The van der Waals surface area contributed by atoms with Crippen molar-refractivity contribution in [3.05, 3.63) is 29.3 Å². The summed E-state index contributed by atoms with van der Waals surface area (Å²) in [5, 5.41) is 21.5. The highest BCUT2D eigenvalue weighted by Crippen LogP contribution is 2.29. The molecule has 1 aromatic rings. The lowest BCUT2D eigenvalue weighted by atomic mass is 9.83. The van der Waals surface area contributed by atoms with E-state index in [1.807, 2.05) is 12.1 Å². The van der Waals surface area contributed by atoms with Crippen molar-refractivity contribution in [1.82, 2.24) is 0 Å². The zero-order chi connectivity index (χ0) is 14.4. The molecule has 0 bridgehead atoms. The van der Waals surface area contributed by atoms with Gasteiger partial charge in [0.1, 0.15) is 12.1 Å². The smallest absolute Gasteiger partial charge is 0.101 e. The predicted molar refractivity (Wildman–Crippen MR) is 80.1 cm³/mol. The van der Waals surface area contributed by atoms with Gasteiger partial charge in [-0.3, -0.25) is 0 Å². The fourth-order valence-corrected chi connectivity index (χ4v) is 3.06. The molecule has 0 radical (unpaired) electrons. The van der Waals surface area contributed by atoms with Gasteiger partial charge < -0.3 is 5.32 Å². The normalized spacial score (nSPS) is 21.8. The Balaban J connectivity index is 1.95. The van der Waals surface area contributed by atoms with E-state index in [1.54, 1.807) is 12.1 Å². The van der Waals surface area contributed by atoms with Crippen LogP contribution >= 0.6 is 0 Å². The van der Waals surface area contributed by atoms with Gasteiger partial charge in [0, 0.05) is 11.7 Å².